The maximum atomic E-state index is 14.9. The first kappa shape index (κ1) is 31.0. The monoisotopic (exact) mass is 625 g/mol. The third-order valence-corrected chi connectivity index (χ3v) is 9.65. The van der Waals surface area contributed by atoms with Gasteiger partial charge in [0, 0.05) is 35.7 Å². The number of nitrogens with zero attached hydrogens (tertiary/aromatic N) is 2. The van der Waals surface area contributed by atoms with Gasteiger partial charge in [0.25, 0.3) is 5.91 Å². The van der Waals surface area contributed by atoms with E-state index in [4.69, 9.17) is 0 Å². The summed E-state index contributed by atoms with van der Waals surface area (Å²) < 4.78 is 70.6. The highest BCUT2D eigenvalue weighted by molar-refractivity contribution is 6.03. The van der Waals surface area contributed by atoms with Gasteiger partial charge in [-0.1, -0.05) is 31.4 Å². The van der Waals surface area contributed by atoms with Crippen LogP contribution in [0.1, 0.15) is 72.9 Å². The Bertz CT molecular complexity index is 1550. The Morgan fingerprint density at radius 1 is 0.867 bits per heavy atom. The average molecular weight is 626 g/mol. The van der Waals surface area contributed by atoms with Gasteiger partial charge in [-0.2, -0.15) is 13.2 Å². The first-order valence-corrected chi connectivity index (χ1v) is 15.6. The van der Waals surface area contributed by atoms with Gasteiger partial charge in [-0.25, -0.2) is 8.78 Å². The molecular weight excluding hydrogens is 589 g/mol. The third kappa shape index (κ3) is 6.29. The molecule has 2 amide bonds. The number of carbonyl (C=O) groups is 2. The van der Waals surface area contributed by atoms with E-state index in [1.807, 2.05) is 0 Å². The third-order valence-electron chi connectivity index (χ3n) is 9.65. The van der Waals surface area contributed by atoms with Gasteiger partial charge in [0.1, 0.15) is 11.6 Å². The largest absolute Gasteiger partial charge is 0.419 e. The van der Waals surface area contributed by atoms with Crippen molar-refractivity contribution in [3.05, 3.63) is 89.0 Å². The van der Waals surface area contributed by atoms with Crippen molar-refractivity contribution in [2.24, 2.45) is 11.8 Å². The number of amides is 2. The molecule has 45 heavy (non-hydrogen) atoms. The first-order valence-electron chi connectivity index (χ1n) is 15.6. The number of rotatable bonds is 6. The summed E-state index contributed by atoms with van der Waals surface area (Å²) in [5.74, 6) is -3.84. The number of benzene rings is 3. The molecule has 3 unspecified atom stereocenters. The second kappa shape index (κ2) is 12.4. The SMILES string of the molecule is Cc1cccc(F)c1C(=O)N1CC(C(=O)N(c2ccc(NC3CCCC3)cc2)c2ccc(F)c(C(F)(F)F)c2)CC2CCCC21. The minimum atomic E-state index is -4.97. The van der Waals surface area contributed by atoms with Gasteiger partial charge in [-0.05, 0) is 99.0 Å². The van der Waals surface area contributed by atoms with Crippen LogP contribution in [0.2, 0.25) is 0 Å². The second-order valence-corrected chi connectivity index (χ2v) is 12.6. The van der Waals surface area contributed by atoms with E-state index < -0.39 is 41.1 Å². The van der Waals surface area contributed by atoms with E-state index in [2.05, 4.69) is 5.32 Å². The molecular formula is C35H36F5N3O2. The van der Waals surface area contributed by atoms with E-state index >= 15 is 0 Å². The Balaban J connectivity index is 1.36. The fraction of sp³-hybridized carbons (Fsp3) is 0.429. The molecule has 2 saturated carbocycles. The molecule has 1 heterocycles. The van der Waals surface area contributed by atoms with Gasteiger partial charge in [-0.3, -0.25) is 14.5 Å². The number of aryl methyl sites for hydroxylation is 1. The van der Waals surface area contributed by atoms with Crippen molar-refractivity contribution in [3.63, 3.8) is 0 Å². The molecule has 0 spiro atoms. The summed E-state index contributed by atoms with van der Waals surface area (Å²) >= 11 is 0. The molecule has 0 radical (unpaired) electrons. The predicted molar refractivity (Wildman–Crippen MR) is 162 cm³/mol. The average Bonchev–Trinajstić information content (AvgIpc) is 3.70. The molecule has 1 saturated heterocycles. The van der Waals surface area contributed by atoms with E-state index in [1.54, 1.807) is 42.2 Å². The molecule has 10 heteroatoms. The maximum absolute atomic E-state index is 14.9. The smallest absolute Gasteiger partial charge is 0.382 e. The fourth-order valence-corrected chi connectivity index (χ4v) is 7.44. The van der Waals surface area contributed by atoms with Crippen LogP contribution >= 0.6 is 0 Å². The number of likely N-dealkylation sites (tertiary alicyclic amines) is 1. The van der Waals surface area contributed by atoms with Crippen LogP contribution in [-0.4, -0.2) is 35.3 Å². The number of anilines is 3. The van der Waals surface area contributed by atoms with Crippen LogP contribution in [0.25, 0.3) is 0 Å². The summed E-state index contributed by atoms with van der Waals surface area (Å²) in [4.78, 5) is 31.1. The normalized spacial score (nSPS) is 21.9. The van der Waals surface area contributed by atoms with Gasteiger partial charge < -0.3 is 10.2 Å². The van der Waals surface area contributed by atoms with Gasteiger partial charge in [0.15, 0.2) is 0 Å². The van der Waals surface area contributed by atoms with Crippen molar-refractivity contribution in [2.45, 2.75) is 76.6 Å². The quantitative estimate of drug-likeness (QED) is 0.279. The number of piperidine rings is 1. The molecule has 6 rings (SSSR count). The molecule has 0 bridgehead atoms. The van der Waals surface area contributed by atoms with Crippen molar-refractivity contribution in [1.82, 2.24) is 4.90 Å². The van der Waals surface area contributed by atoms with Crippen molar-refractivity contribution < 1.29 is 31.5 Å². The van der Waals surface area contributed by atoms with E-state index in [0.717, 1.165) is 56.7 Å². The van der Waals surface area contributed by atoms with Crippen LogP contribution < -0.4 is 10.2 Å². The topological polar surface area (TPSA) is 52.7 Å². The van der Waals surface area contributed by atoms with E-state index in [-0.39, 0.29) is 29.8 Å². The molecule has 1 aliphatic heterocycles. The van der Waals surface area contributed by atoms with Crippen LogP contribution in [-0.2, 0) is 11.0 Å². The van der Waals surface area contributed by atoms with Crippen molar-refractivity contribution in [1.29, 1.82) is 0 Å². The highest BCUT2D eigenvalue weighted by Crippen LogP contribution is 2.43. The lowest BCUT2D eigenvalue weighted by Crippen LogP contribution is -2.53. The summed E-state index contributed by atoms with van der Waals surface area (Å²) in [7, 11) is 0. The molecule has 3 atom stereocenters. The zero-order valence-corrected chi connectivity index (χ0v) is 25.0. The van der Waals surface area contributed by atoms with Gasteiger partial charge in [-0.15, -0.1) is 0 Å². The zero-order valence-electron chi connectivity index (χ0n) is 25.0. The number of hydrogen-bond donors (Lipinski definition) is 1. The Morgan fingerprint density at radius 3 is 2.27 bits per heavy atom. The van der Waals surface area contributed by atoms with Gasteiger partial charge in [0.2, 0.25) is 5.91 Å². The van der Waals surface area contributed by atoms with Crippen LogP contribution in [0.4, 0.5) is 39.0 Å². The molecule has 5 nitrogen and oxygen atoms in total. The lowest BCUT2D eigenvalue weighted by molar-refractivity contribution is -0.140. The molecule has 0 aromatic heterocycles. The Kier molecular flexibility index (Phi) is 8.59. The number of fused-ring (bicyclic) bond motifs is 1. The second-order valence-electron chi connectivity index (χ2n) is 12.6. The van der Waals surface area contributed by atoms with Gasteiger partial charge >= 0.3 is 6.18 Å². The van der Waals surface area contributed by atoms with Crippen LogP contribution in [0.5, 0.6) is 0 Å². The minimum Gasteiger partial charge on any atom is -0.382 e. The van der Waals surface area contributed by atoms with E-state index in [9.17, 15) is 31.5 Å². The summed E-state index contributed by atoms with van der Waals surface area (Å²) in [6.07, 6.45) is 2.22. The predicted octanol–water partition coefficient (Wildman–Crippen LogP) is 8.64. The molecule has 2 aliphatic carbocycles. The zero-order chi connectivity index (χ0) is 31.9. The van der Waals surface area contributed by atoms with Gasteiger partial charge in [0.05, 0.1) is 17.0 Å². The summed E-state index contributed by atoms with van der Waals surface area (Å²) in [6.45, 7) is 1.66. The fourth-order valence-electron chi connectivity index (χ4n) is 7.44. The summed E-state index contributed by atoms with van der Waals surface area (Å²) in [5.41, 5.74) is 0.0173. The van der Waals surface area contributed by atoms with Crippen LogP contribution in [0.3, 0.4) is 0 Å². The number of nitrogens with one attached hydrogen (secondary N) is 1. The number of alkyl halides is 3. The number of carbonyl (C=O) groups excluding carboxylic acids is 2. The minimum absolute atomic E-state index is 0.00223. The molecule has 3 aromatic rings. The molecule has 238 valence electrons. The Labute approximate surface area is 259 Å². The van der Waals surface area contributed by atoms with Crippen molar-refractivity contribution in [2.75, 3.05) is 16.8 Å². The van der Waals surface area contributed by atoms with E-state index in [1.165, 1.54) is 23.1 Å². The maximum Gasteiger partial charge on any atom is 0.419 e. The van der Waals surface area contributed by atoms with Crippen molar-refractivity contribution in [3.8, 4) is 0 Å². The van der Waals surface area contributed by atoms with Crippen LogP contribution in [0.15, 0.2) is 60.7 Å². The first-order chi connectivity index (χ1) is 21.5. The Hall–Kier alpha value is -3.95. The highest BCUT2D eigenvalue weighted by Gasteiger charge is 2.45. The lowest BCUT2D eigenvalue weighted by Gasteiger charge is -2.43. The standard InChI is InChI=1S/C35H36F5N3O2/c1-21-6-4-10-30(37)32(21)34(45)42-20-23(18-22-7-5-11-31(22)42)33(44)43(27-16-17-29(36)28(19-27)35(38,39)40)26-14-12-25(13-15-26)41-24-8-2-3-9-24/h4,6,10,12-17,19,22-24,31,41H,2-3,5,7-9,11,18,20H2,1H3. The molecule has 3 aliphatic rings. The number of halogens is 5. The molecule has 1 N–H and O–H groups in total. The molecule has 3 fully saturated rings. The highest BCUT2D eigenvalue weighted by atomic mass is 19.4. The Morgan fingerprint density at radius 2 is 1.58 bits per heavy atom. The van der Waals surface area contributed by atoms with Crippen molar-refractivity contribution >= 4 is 28.9 Å². The lowest BCUT2D eigenvalue weighted by atomic mass is 9.83. The summed E-state index contributed by atoms with van der Waals surface area (Å²) in [6, 6.07) is 14.1. The van der Waals surface area contributed by atoms with Crippen LogP contribution in [0, 0.1) is 30.4 Å². The van der Waals surface area contributed by atoms with E-state index in [0.29, 0.717) is 29.8 Å². The molecule has 3 aromatic carbocycles. The number of hydrogen-bond acceptors (Lipinski definition) is 3. The summed E-state index contributed by atoms with van der Waals surface area (Å²) in [5, 5.41) is 3.47.